The summed E-state index contributed by atoms with van der Waals surface area (Å²) < 4.78 is 26.5. The van der Waals surface area contributed by atoms with Gasteiger partial charge in [-0.25, -0.2) is 8.42 Å². The Bertz CT molecular complexity index is 619. The van der Waals surface area contributed by atoms with Crippen molar-refractivity contribution in [2.24, 2.45) is 5.73 Å². The molecule has 1 saturated heterocycles. The van der Waals surface area contributed by atoms with Crippen LogP contribution in [0, 0.1) is 18.3 Å². The largest absolute Gasteiger partial charge is 0.315 e. The molecule has 1 atom stereocenters. The quantitative estimate of drug-likeness (QED) is 0.884. The van der Waals surface area contributed by atoms with Crippen LogP contribution < -0.4 is 5.73 Å². The van der Waals surface area contributed by atoms with Gasteiger partial charge in [-0.15, -0.1) is 0 Å². The molecular formula is C13H17N3O2S. The van der Waals surface area contributed by atoms with Crippen LogP contribution >= 0.6 is 0 Å². The molecule has 5 nitrogen and oxygen atoms in total. The second-order valence-electron chi connectivity index (χ2n) is 4.77. The molecule has 6 heteroatoms. The molecule has 19 heavy (non-hydrogen) atoms. The van der Waals surface area contributed by atoms with Crippen molar-refractivity contribution in [1.29, 1.82) is 5.26 Å². The fraction of sp³-hybridized carbons (Fsp3) is 0.462. The van der Waals surface area contributed by atoms with Gasteiger partial charge < -0.3 is 5.73 Å². The SMILES string of the molecule is Cc1cc(C#N)ccc1S(=O)(=O)N1CCCCC1N. The average Bonchev–Trinajstić information content (AvgIpc) is 2.38. The molecule has 0 spiro atoms. The Balaban J connectivity index is 2.42. The number of benzene rings is 1. The lowest BCUT2D eigenvalue weighted by molar-refractivity contribution is 0.258. The minimum Gasteiger partial charge on any atom is -0.315 e. The van der Waals surface area contributed by atoms with Crippen LogP contribution in [-0.4, -0.2) is 25.4 Å². The molecule has 1 aromatic carbocycles. The maximum Gasteiger partial charge on any atom is 0.244 e. The Labute approximate surface area is 113 Å². The molecule has 0 aromatic heterocycles. The number of rotatable bonds is 2. The maximum atomic E-state index is 12.6. The number of nitriles is 1. The molecule has 0 radical (unpaired) electrons. The monoisotopic (exact) mass is 279 g/mol. The van der Waals surface area contributed by atoms with Crippen LogP contribution in [0.25, 0.3) is 0 Å². The van der Waals surface area contributed by atoms with Crippen LogP contribution in [0.15, 0.2) is 23.1 Å². The van der Waals surface area contributed by atoms with E-state index in [0.717, 1.165) is 12.8 Å². The number of hydrogen-bond acceptors (Lipinski definition) is 4. The number of piperidine rings is 1. The van der Waals surface area contributed by atoms with Crippen LogP contribution in [0.1, 0.15) is 30.4 Å². The second kappa shape index (κ2) is 5.29. The van der Waals surface area contributed by atoms with E-state index in [9.17, 15) is 8.42 Å². The van der Waals surface area contributed by atoms with Crippen LogP contribution in [-0.2, 0) is 10.0 Å². The lowest BCUT2D eigenvalue weighted by atomic mass is 10.1. The summed E-state index contributed by atoms with van der Waals surface area (Å²) >= 11 is 0. The van der Waals surface area contributed by atoms with Gasteiger partial charge in [-0.3, -0.25) is 0 Å². The van der Waals surface area contributed by atoms with Gasteiger partial charge in [0, 0.05) is 6.54 Å². The molecule has 2 N–H and O–H groups in total. The van der Waals surface area contributed by atoms with Gasteiger partial charge in [0.15, 0.2) is 0 Å². The third kappa shape index (κ3) is 2.63. The lowest BCUT2D eigenvalue weighted by Crippen LogP contribution is -2.48. The second-order valence-corrected chi connectivity index (χ2v) is 6.63. The van der Waals surface area contributed by atoms with Gasteiger partial charge in [-0.2, -0.15) is 9.57 Å². The summed E-state index contributed by atoms with van der Waals surface area (Å²) in [6, 6.07) is 6.60. The first kappa shape index (κ1) is 14.0. The van der Waals surface area contributed by atoms with Crippen LogP contribution in [0.3, 0.4) is 0 Å². The minimum absolute atomic E-state index is 0.240. The molecule has 1 fully saturated rings. The maximum absolute atomic E-state index is 12.6. The van der Waals surface area contributed by atoms with Crippen molar-refractivity contribution in [1.82, 2.24) is 4.31 Å². The van der Waals surface area contributed by atoms with Gasteiger partial charge in [-0.05, 0) is 49.9 Å². The number of nitrogens with two attached hydrogens (primary N) is 1. The topological polar surface area (TPSA) is 87.2 Å². The Kier molecular flexibility index (Phi) is 3.90. The van der Waals surface area contributed by atoms with Crippen LogP contribution in [0.5, 0.6) is 0 Å². The van der Waals surface area contributed by atoms with Gasteiger partial charge in [0.2, 0.25) is 10.0 Å². The molecule has 0 aliphatic carbocycles. The Morgan fingerprint density at radius 2 is 2.16 bits per heavy atom. The van der Waals surface area contributed by atoms with Crippen LogP contribution in [0.2, 0.25) is 0 Å². The Morgan fingerprint density at radius 1 is 1.42 bits per heavy atom. The minimum atomic E-state index is -3.57. The van der Waals surface area contributed by atoms with Crippen LogP contribution in [0.4, 0.5) is 0 Å². The molecule has 2 rings (SSSR count). The third-order valence-electron chi connectivity index (χ3n) is 3.39. The summed E-state index contributed by atoms with van der Waals surface area (Å²) in [6.45, 7) is 2.16. The summed E-state index contributed by atoms with van der Waals surface area (Å²) in [4.78, 5) is 0.240. The summed E-state index contributed by atoms with van der Waals surface area (Å²) in [5.41, 5.74) is 6.94. The van der Waals surface area contributed by atoms with Crippen molar-refractivity contribution in [2.45, 2.75) is 37.2 Å². The van der Waals surface area contributed by atoms with Crippen molar-refractivity contribution < 1.29 is 8.42 Å². The third-order valence-corrected chi connectivity index (χ3v) is 5.47. The lowest BCUT2D eigenvalue weighted by Gasteiger charge is -2.32. The Hall–Kier alpha value is -1.42. The summed E-state index contributed by atoms with van der Waals surface area (Å²) in [6.07, 6.45) is 2.03. The van der Waals surface area contributed by atoms with Crippen molar-refractivity contribution in [3.63, 3.8) is 0 Å². The molecule has 0 amide bonds. The molecule has 1 aliphatic heterocycles. The highest BCUT2D eigenvalue weighted by atomic mass is 32.2. The van der Waals surface area contributed by atoms with E-state index in [4.69, 9.17) is 11.0 Å². The summed E-state index contributed by atoms with van der Waals surface area (Å²) in [5, 5.41) is 8.82. The predicted octanol–water partition coefficient (Wildman–Crippen LogP) is 1.33. The normalized spacial score (nSPS) is 21.0. The fourth-order valence-corrected chi connectivity index (χ4v) is 4.15. The van der Waals surface area contributed by atoms with Gasteiger partial charge in [-0.1, -0.05) is 0 Å². The molecule has 1 heterocycles. The van der Waals surface area contributed by atoms with E-state index in [1.54, 1.807) is 13.0 Å². The van der Waals surface area contributed by atoms with Gasteiger partial charge in [0.1, 0.15) is 0 Å². The van der Waals surface area contributed by atoms with Crippen molar-refractivity contribution in [2.75, 3.05) is 6.54 Å². The van der Waals surface area contributed by atoms with Gasteiger partial charge in [0.05, 0.1) is 22.7 Å². The number of aryl methyl sites for hydroxylation is 1. The molecule has 1 aliphatic rings. The van der Waals surface area contributed by atoms with Crippen molar-refractivity contribution in [3.05, 3.63) is 29.3 Å². The zero-order chi connectivity index (χ0) is 14.0. The number of hydrogen-bond donors (Lipinski definition) is 1. The van der Waals surface area contributed by atoms with Gasteiger partial charge in [0.25, 0.3) is 0 Å². The van der Waals surface area contributed by atoms with E-state index in [0.29, 0.717) is 24.1 Å². The van der Waals surface area contributed by atoms with E-state index in [2.05, 4.69) is 0 Å². The molecular weight excluding hydrogens is 262 g/mol. The standard InChI is InChI=1S/C13H17N3O2S/c1-10-8-11(9-14)5-6-12(10)19(17,18)16-7-3-2-4-13(16)15/h5-6,8,13H,2-4,7,15H2,1H3. The summed E-state index contributed by atoms with van der Waals surface area (Å²) in [5.74, 6) is 0. The van der Waals surface area contributed by atoms with E-state index in [1.165, 1.54) is 16.4 Å². The first-order chi connectivity index (χ1) is 8.96. The first-order valence-electron chi connectivity index (χ1n) is 6.25. The van der Waals surface area contributed by atoms with E-state index < -0.39 is 16.2 Å². The zero-order valence-electron chi connectivity index (χ0n) is 10.8. The average molecular weight is 279 g/mol. The fourth-order valence-electron chi connectivity index (χ4n) is 2.36. The van der Waals surface area contributed by atoms with E-state index >= 15 is 0 Å². The van der Waals surface area contributed by atoms with Crippen molar-refractivity contribution in [3.8, 4) is 6.07 Å². The highest BCUT2D eigenvalue weighted by Gasteiger charge is 2.32. The molecule has 1 unspecified atom stereocenters. The van der Waals surface area contributed by atoms with E-state index in [-0.39, 0.29) is 4.90 Å². The highest BCUT2D eigenvalue weighted by Crippen LogP contribution is 2.25. The molecule has 1 aromatic rings. The molecule has 0 bridgehead atoms. The zero-order valence-corrected chi connectivity index (χ0v) is 11.7. The Morgan fingerprint density at radius 3 is 2.74 bits per heavy atom. The molecule has 0 saturated carbocycles. The number of nitrogens with zero attached hydrogens (tertiary/aromatic N) is 2. The van der Waals surface area contributed by atoms with Gasteiger partial charge >= 0.3 is 0 Å². The predicted molar refractivity (Wildman–Crippen MR) is 71.6 cm³/mol. The van der Waals surface area contributed by atoms with E-state index in [1.807, 2.05) is 6.07 Å². The first-order valence-corrected chi connectivity index (χ1v) is 7.69. The summed E-state index contributed by atoms with van der Waals surface area (Å²) in [7, 11) is -3.57. The number of sulfonamides is 1. The smallest absolute Gasteiger partial charge is 0.244 e. The highest BCUT2D eigenvalue weighted by molar-refractivity contribution is 7.89. The molecule has 102 valence electrons. The van der Waals surface area contributed by atoms with Crippen molar-refractivity contribution >= 4 is 10.0 Å².